The van der Waals surface area contributed by atoms with Crippen LogP contribution in [-0.2, 0) is 6.42 Å². The van der Waals surface area contributed by atoms with E-state index in [1.807, 2.05) is 19.1 Å². The minimum atomic E-state index is 0.638. The van der Waals surface area contributed by atoms with Gasteiger partial charge >= 0.3 is 0 Å². The van der Waals surface area contributed by atoms with Gasteiger partial charge in [-0.2, -0.15) is 4.99 Å². The number of hydrogen-bond acceptors (Lipinski definition) is 3. The Morgan fingerprint density at radius 2 is 2.45 bits per heavy atom. The number of aliphatic imine (C=N–C) groups is 1. The molecule has 1 aromatic heterocycles. The normalized spacial score (nSPS) is 8.82. The summed E-state index contributed by atoms with van der Waals surface area (Å²) in [7, 11) is 0. The van der Waals surface area contributed by atoms with Gasteiger partial charge in [0, 0.05) is 5.69 Å². The standard InChI is InChI=1S/C8H8N2S/c1-2-7-4-3-5-8(10-7)9-6-11/h3-5H,2H2,1H3. The van der Waals surface area contributed by atoms with Gasteiger partial charge in [0.1, 0.15) is 0 Å². The molecule has 1 rings (SSSR count). The van der Waals surface area contributed by atoms with Gasteiger partial charge in [0.2, 0.25) is 0 Å². The van der Waals surface area contributed by atoms with Crippen molar-refractivity contribution >= 4 is 23.2 Å². The molecule has 0 spiro atoms. The summed E-state index contributed by atoms with van der Waals surface area (Å²) in [6.45, 7) is 2.05. The lowest BCUT2D eigenvalue weighted by Crippen LogP contribution is -1.83. The molecule has 0 aliphatic heterocycles. The highest BCUT2D eigenvalue weighted by Crippen LogP contribution is 2.07. The molecule has 56 valence electrons. The first-order valence-electron chi connectivity index (χ1n) is 3.40. The summed E-state index contributed by atoms with van der Waals surface area (Å²) in [6.07, 6.45) is 0.917. The second-order valence-electron chi connectivity index (χ2n) is 2.04. The number of nitrogens with zero attached hydrogens (tertiary/aromatic N) is 2. The Bertz CT molecular complexity index is 290. The lowest BCUT2D eigenvalue weighted by molar-refractivity contribution is 1.03. The molecule has 0 N–H and O–H groups in total. The maximum absolute atomic E-state index is 4.46. The van der Waals surface area contributed by atoms with Crippen molar-refractivity contribution in [3.63, 3.8) is 0 Å². The molecule has 1 heterocycles. The van der Waals surface area contributed by atoms with Crippen LogP contribution in [0.15, 0.2) is 23.2 Å². The fourth-order valence-electron chi connectivity index (χ4n) is 0.773. The average molecular weight is 164 g/mol. The largest absolute Gasteiger partial charge is 0.233 e. The molecule has 0 fully saturated rings. The van der Waals surface area contributed by atoms with Crippen LogP contribution in [0.3, 0.4) is 0 Å². The van der Waals surface area contributed by atoms with Crippen molar-refractivity contribution in [3.8, 4) is 0 Å². The zero-order valence-corrected chi connectivity index (χ0v) is 7.06. The van der Waals surface area contributed by atoms with Gasteiger partial charge in [-0.05, 0) is 30.8 Å². The minimum Gasteiger partial charge on any atom is -0.233 e. The molecule has 0 bridgehead atoms. The van der Waals surface area contributed by atoms with E-state index in [-0.39, 0.29) is 0 Å². The zero-order valence-electron chi connectivity index (χ0n) is 6.24. The molecule has 3 heteroatoms. The summed E-state index contributed by atoms with van der Waals surface area (Å²) in [5, 5.41) is 2.28. The topological polar surface area (TPSA) is 25.2 Å². The van der Waals surface area contributed by atoms with Crippen LogP contribution in [0.5, 0.6) is 0 Å². The molecule has 0 atom stereocenters. The number of aromatic nitrogens is 1. The first-order valence-corrected chi connectivity index (χ1v) is 3.81. The van der Waals surface area contributed by atoms with Crippen LogP contribution >= 0.6 is 12.2 Å². The van der Waals surface area contributed by atoms with Crippen LogP contribution in [0.25, 0.3) is 0 Å². The van der Waals surface area contributed by atoms with Gasteiger partial charge in [-0.15, -0.1) is 0 Å². The summed E-state index contributed by atoms with van der Waals surface area (Å²) in [5.41, 5.74) is 1.02. The summed E-state index contributed by atoms with van der Waals surface area (Å²) < 4.78 is 0. The smallest absolute Gasteiger partial charge is 0.162 e. The van der Waals surface area contributed by atoms with Gasteiger partial charge in [-0.3, -0.25) is 0 Å². The Kier molecular flexibility index (Phi) is 2.90. The van der Waals surface area contributed by atoms with E-state index in [1.54, 1.807) is 6.07 Å². The predicted octanol–water partition coefficient (Wildman–Crippen LogP) is 2.38. The quantitative estimate of drug-likeness (QED) is 0.495. The molecule has 1 aromatic rings. The highest BCUT2D eigenvalue weighted by atomic mass is 32.1. The van der Waals surface area contributed by atoms with E-state index >= 15 is 0 Å². The van der Waals surface area contributed by atoms with Gasteiger partial charge in [0.15, 0.2) is 5.82 Å². The molecule has 2 nitrogen and oxygen atoms in total. The van der Waals surface area contributed by atoms with E-state index in [0.29, 0.717) is 5.82 Å². The van der Waals surface area contributed by atoms with Crippen molar-refractivity contribution in [2.75, 3.05) is 0 Å². The molecule has 0 amide bonds. The number of hydrogen-bond donors (Lipinski definition) is 0. The maximum Gasteiger partial charge on any atom is 0.162 e. The fourth-order valence-corrected chi connectivity index (χ4v) is 0.866. The Hall–Kier alpha value is -1.05. The first-order chi connectivity index (χ1) is 5.36. The number of aryl methyl sites for hydroxylation is 1. The Morgan fingerprint density at radius 3 is 3.09 bits per heavy atom. The Labute approximate surface area is 71.0 Å². The summed E-state index contributed by atoms with van der Waals surface area (Å²) in [4.78, 5) is 7.95. The van der Waals surface area contributed by atoms with Crippen molar-refractivity contribution < 1.29 is 0 Å². The zero-order chi connectivity index (χ0) is 8.10. The molecule has 0 saturated carbocycles. The highest BCUT2D eigenvalue weighted by molar-refractivity contribution is 7.78. The van der Waals surface area contributed by atoms with Crippen molar-refractivity contribution in [2.45, 2.75) is 13.3 Å². The van der Waals surface area contributed by atoms with Gasteiger partial charge in [-0.25, -0.2) is 4.98 Å². The van der Waals surface area contributed by atoms with E-state index < -0.39 is 0 Å². The molecule has 0 unspecified atom stereocenters. The van der Waals surface area contributed by atoms with Crippen molar-refractivity contribution in [1.82, 2.24) is 4.98 Å². The summed E-state index contributed by atoms with van der Waals surface area (Å²) in [6, 6.07) is 5.68. The molecule has 0 aliphatic rings. The van der Waals surface area contributed by atoms with Gasteiger partial charge < -0.3 is 0 Å². The third-order valence-electron chi connectivity index (χ3n) is 1.31. The summed E-state index contributed by atoms with van der Waals surface area (Å²) >= 11 is 4.46. The molecule has 11 heavy (non-hydrogen) atoms. The number of thiocarbonyl (C=S) groups is 1. The van der Waals surface area contributed by atoms with Crippen LogP contribution in [0.4, 0.5) is 5.82 Å². The van der Waals surface area contributed by atoms with Crippen LogP contribution < -0.4 is 0 Å². The molecule has 0 radical (unpaired) electrons. The Balaban J connectivity index is 3.00. The van der Waals surface area contributed by atoms with Gasteiger partial charge in [-0.1, -0.05) is 13.0 Å². The first kappa shape index (κ1) is 8.05. The predicted molar refractivity (Wildman–Crippen MR) is 48.3 cm³/mol. The number of pyridine rings is 1. The van der Waals surface area contributed by atoms with Crippen LogP contribution in [-0.4, -0.2) is 10.1 Å². The number of rotatable bonds is 2. The maximum atomic E-state index is 4.46. The molecule has 0 saturated heterocycles. The van der Waals surface area contributed by atoms with Crippen molar-refractivity contribution in [3.05, 3.63) is 23.9 Å². The third-order valence-corrected chi connectivity index (χ3v) is 1.41. The van der Waals surface area contributed by atoms with Gasteiger partial charge in [0.25, 0.3) is 0 Å². The summed E-state index contributed by atoms with van der Waals surface area (Å²) in [5.74, 6) is 0.638. The lowest BCUT2D eigenvalue weighted by Gasteiger charge is -1.94. The molecule has 0 aromatic carbocycles. The van der Waals surface area contributed by atoms with Crippen molar-refractivity contribution in [2.24, 2.45) is 4.99 Å². The minimum absolute atomic E-state index is 0.638. The van der Waals surface area contributed by atoms with Gasteiger partial charge in [0.05, 0.1) is 5.16 Å². The van der Waals surface area contributed by atoms with E-state index in [0.717, 1.165) is 12.1 Å². The lowest BCUT2D eigenvalue weighted by atomic mass is 10.3. The third kappa shape index (κ3) is 2.22. The SMILES string of the molecule is CCc1cccc(N=C=S)n1. The van der Waals surface area contributed by atoms with E-state index in [2.05, 4.69) is 27.4 Å². The second kappa shape index (κ2) is 3.96. The number of isothiocyanates is 1. The second-order valence-corrected chi connectivity index (χ2v) is 2.23. The van der Waals surface area contributed by atoms with Crippen LogP contribution in [0, 0.1) is 0 Å². The molecule has 0 aliphatic carbocycles. The molecular weight excluding hydrogens is 156 g/mol. The Morgan fingerprint density at radius 1 is 1.64 bits per heavy atom. The van der Waals surface area contributed by atoms with E-state index in [9.17, 15) is 0 Å². The van der Waals surface area contributed by atoms with Crippen molar-refractivity contribution in [1.29, 1.82) is 0 Å². The fraction of sp³-hybridized carbons (Fsp3) is 0.250. The monoisotopic (exact) mass is 164 g/mol. The average Bonchev–Trinajstić information content (AvgIpc) is 2.06. The van der Waals surface area contributed by atoms with Crippen LogP contribution in [0.2, 0.25) is 0 Å². The van der Waals surface area contributed by atoms with E-state index in [4.69, 9.17) is 0 Å². The highest BCUT2D eigenvalue weighted by Gasteiger charge is 1.91. The van der Waals surface area contributed by atoms with E-state index in [1.165, 1.54) is 0 Å². The molecular formula is C8H8N2S. The van der Waals surface area contributed by atoms with Crippen LogP contribution in [0.1, 0.15) is 12.6 Å².